The summed E-state index contributed by atoms with van der Waals surface area (Å²) in [7, 11) is 0. The summed E-state index contributed by atoms with van der Waals surface area (Å²) in [5, 5.41) is 0. The summed E-state index contributed by atoms with van der Waals surface area (Å²) >= 11 is 0. The summed E-state index contributed by atoms with van der Waals surface area (Å²) in [6, 6.07) is 21.1. The van der Waals surface area contributed by atoms with E-state index in [1.54, 1.807) is 12.4 Å². The van der Waals surface area contributed by atoms with Crippen LogP contribution in [0, 0.1) is 12.0 Å². The van der Waals surface area contributed by atoms with Gasteiger partial charge in [-0.2, -0.15) is 20.8 Å². The van der Waals surface area contributed by atoms with Crippen LogP contribution in [0.5, 0.6) is 0 Å². The van der Waals surface area contributed by atoms with E-state index < -0.39 is 0 Å². The van der Waals surface area contributed by atoms with Gasteiger partial charge in [0.15, 0.2) is 0 Å². The van der Waals surface area contributed by atoms with E-state index in [0.717, 1.165) is 22.5 Å². The first-order valence-corrected chi connectivity index (χ1v) is 7.28. The van der Waals surface area contributed by atoms with Gasteiger partial charge in [-0.15, -0.1) is 24.3 Å². The van der Waals surface area contributed by atoms with Gasteiger partial charge in [0.05, 0.1) is 0 Å². The van der Waals surface area contributed by atoms with Crippen LogP contribution in [0.1, 0.15) is 20.8 Å². The summed E-state index contributed by atoms with van der Waals surface area (Å²) in [5.74, 6) is 1.42. The molecular weight excluding hydrogens is 463 g/mol. The van der Waals surface area contributed by atoms with Crippen molar-refractivity contribution >= 4 is 0 Å². The molecule has 120 valence electrons. The van der Waals surface area contributed by atoms with Gasteiger partial charge < -0.3 is 5.92 Å². The van der Waals surface area contributed by atoms with E-state index in [-0.39, 0.29) is 21.1 Å². The predicted molar refractivity (Wildman–Crippen MR) is 92.0 cm³/mol. The second-order valence-corrected chi connectivity index (χ2v) is 5.41. The van der Waals surface area contributed by atoms with Crippen molar-refractivity contribution in [1.82, 2.24) is 9.97 Å². The van der Waals surface area contributed by atoms with E-state index in [0.29, 0.717) is 0 Å². The first-order valence-electron chi connectivity index (χ1n) is 7.28. The Bertz CT molecular complexity index is 625. The van der Waals surface area contributed by atoms with Crippen molar-refractivity contribution in [2.75, 3.05) is 0 Å². The van der Waals surface area contributed by atoms with Crippen LogP contribution in [0.25, 0.3) is 22.5 Å². The van der Waals surface area contributed by atoms with E-state index in [2.05, 4.69) is 36.8 Å². The Hall–Kier alpha value is -1.79. The van der Waals surface area contributed by atoms with Crippen LogP contribution in [0.2, 0.25) is 0 Å². The zero-order valence-electron chi connectivity index (χ0n) is 13.6. The molecule has 0 unspecified atom stereocenters. The van der Waals surface area contributed by atoms with Crippen LogP contribution < -0.4 is 0 Å². The molecule has 2 aromatic heterocycles. The number of rotatable bonds is 2. The van der Waals surface area contributed by atoms with Crippen molar-refractivity contribution in [2.24, 2.45) is 0 Å². The van der Waals surface area contributed by atoms with Gasteiger partial charge in [0.2, 0.25) is 0 Å². The van der Waals surface area contributed by atoms with Gasteiger partial charge in [-0.05, 0) is 12.1 Å². The fourth-order valence-corrected chi connectivity index (χ4v) is 1.81. The molecule has 0 N–H and O–H groups in total. The van der Waals surface area contributed by atoms with E-state index in [9.17, 15) is 0 Å². The first kappa shape index (κ1) is 19.3. The fourth-order valence-electron chi connectivity index (χ4n) is 1.81. The standard InChI is InChI=1S/C16H11N2.C4H9.Pt/c1-3-10-17-15(8-1)13-6-5-7-14(12-13)16-9-2-4-11-18-16;1-4(2)3;/h1-11H;1-3H3;/q2*-1;+2. The molecule has 1 aromatic carbocycles. The molecule has 2 nitrogen and oxygen atoms in total. The average Bonchev–Trinajstić information content (AvgIpc) is 2.56. The van der Waals surface area contributed by atoms with Crippen LogP contribution in [0.3, 0.4) is 0 Å². The zero-order chi connectivity index (χ0) is 15.8. The van der Waals surface area contributed by atoms with Crippen LogP contribution >= 0.6 is 0 Å². The molecule has 0 amide bonds. The SMILES string of the molecule is C[C-](C)C.[Pt+2].[c-]1c(-c2ccccn2)cccc1-c1ccccn1. The maximum atomic E-state index is 4.33. The topological polar surface area (TPSA) is 25.8 Å². The Kier molecular flexibility index (Phi) is 8.43. The van der Waals surface area contributed by atoms with Crippen molar-refractivity contribution in [1.29, 1.82) is 0 Å². The molecule has 0 fully saturated rings. The third kappa shape index (κ3) is 6.46. The zero-order valence-corrected chi connectivity index (χ0v) is 15.8. The molecule has 0 atom stereocenters. The minimum Gasteiger partial charge on any atom is -0.323 e. The number of aromatic nitrogens is 2. The van der Waals surface area contributed by atoms with Crippen molar-refractivity contribution in [2.45, 2.75) is 20.8 Å². The monoisotopic (exact) mass is 483 g/mol. The molecular formula is C20H20N2Pt. The van der Waals surface area contributed by atoms with Crippen LogP contribution in [0.4, 0.5) is 0 Å². The molecule has 3 heteroatoms. The third-order valence-electron chi connectivity index (χ3n) is 2.68. The Morgan fingerprint density at radius 2 is 1.13 bits per heavy atom. The summed E-state index contributed by atoms with van der Waals surface area (Å²) < 4.78 is 0. The second kappa shape index (κ2) is 10.1. The summed E-state index contributed by atoms with van der Waals surface area (Å²) in [6.07, 6.45) is 3.58. The van der Waals surface area contributed by atoms with Gasteiger partial charge >= 0.3 is 21.1 Å². The second-order valence-electron chi connectivity index (χ2n) is 5.41. The maximum absolute atomic E-state index is 4.33. The normalized spacial score (nSPS) is 9.57. The molecule has 0 aliphatic heterocycles. The number of pyridine rings is 2. The quantitative estimate of drug-likeness (QED) is 0.467. The molecule has 23 heavy (non-hydrogen) atoms. The Morgan fingerprint density at radius 3 is 1.48 bits per heavy atom. The van der Waals surface area contributed by atoms with Gasteiger partial charge in [-0.1, -0.05) is 35.4 Å². The fraction of sp³-hybridized carbons (Fsp3) is 0.150. The smallest absolute Gasteiger partial charge is 0.323 e. The minimum absolute atomic E-state index is 0. The van der Waals surface area contributed by atoms with Crippen molar-refractivity contribution in [3.63, 3.8) is 0 Å². The van der Waals surface area contributed by atoms with Crippen LogP contribution in [0.15, 0.2) is 67.0 Å². The molecule has 3 rings (SSSR count). The summed E-state index contributed by atoms with van der Waals surface area (Å²) in [5.41, 5.74) is 3.82. The van der Waals surface area contributed by atoms with E-state index in [1.807, 2.05) is 54.6 Å². The molecule has 0 aliphatic rings. The molecule has 2 heterocycles. The Labute approximate surface area is 153 Å². The maximum Gasteiger partial charge on any atom is 2.00 e. The largest absolute Gasteiger partial charge is 2.00 e. The van der Waals surface area contributed by atoms with Crippen molar-refractivity contribution in [3.8, 4) is 22.5 Å². The van der Waals surface area contributed by atoms with E-state index in [4.69, 9.17) is 0 Å². The molecule has 0 radical (unpaired) electrons. The van der Waals surface area contributed by atoms with Gasteiger partial charge in [-0.25, -0.2) is 0 Å². The molecule has 0 bridgehead atoms. The van der Waals surface area contributed by atoms with Gasteiger partial charge in [-0.3, -0.25) is 9.97 Å². The predicted octanol–water partition coefficient (Wildman–Crippen LogP) is 5.23. The van der Waals surface area contributed by atoms with Crippen molar-refractivity contribution < 1.29 is 21.1 Å². The summed E-state index contributed by atoms with van der Waals surface area (Å²) in [6.45, 7) is 6.25. The molecule has 0 aliphatic carbocycles. The van der Waals surface area contributed by atoms with Gasteiger partial charge in [0, 0.05) is 23.8 Å². The number of hydrogen-bond donors (Lipinski definition) is 0. The van der Waals surface area contributed by atoms with Gasteiger partial charge in [0.1, 0.15) is 0 Å². The number of nitrogens with zero attached hydrogens (tertiary/aromatic N) is 2. The Balaban J connectivity index is 0.000000478. The molecule has 3 aromatic rings. The van der Waals surface area contributed by atoms with E-state index >= 15 is 0 Å². The number of hydrogen-bond acceptors (Lipinski definition) is 2. The number of benzene rings is 1. The van der Waals surface area contributed by atoms with Crippen LogP contribution in [-0.2, 0) is 21.1 Å². The summed E-state index contributed by atoms with van der Waals surface area (Å²) in [4.78, 5) is 8.66. The van der Waals surface area contributed by atoms with Crippen molar-refractivity contribution in [3.05, 3.63) is 79.0 Å². The third-order valence-corrected chi connectivity index (χ3v) is 2.68. The molecule has 0 saturated heterocycles. The van der Waals surface area contributed by atoms with E-state index in [1.165, 1.54) is 5.92 Å². The minimum atomic E-state index is 0. The van der Waals surface area contributed by atoms with Gasteiger partial charge in [0.25, 0.3) is 0 Å². The molecule has 0 saturated carbocycles. The molecule has 0 spiro atoms. The Morgan fingerprint density at radius 1 is 0.696 bits per heavy atom. The average molecular weight is 483 g/mol. The van der Waals surface area contributed by atoms with Crippen LogP contribution in [-0.4, -0.2) is 9.97 Å². The first-order chi connectivity index (χ1) is 10.7.